The lowest BCUT2D eigenvalue weighted by atomic mass is 9.98. The third-order valence-electron chi connectivity index (χ3n) is 6.37. The van der Waals surface area contributed by atoms with Gasteiger partial charge in [0, 0.05) is 18.0 Å². The van der Waals surface area contributed by atoms with Crippen molar-refractivity contribution in [2.24, 2.45) is 5.41 Å². The highest BCUT2D eigenvalue weighted by Crippen LogP contribution is 2.60. The first-order valence-electron chi connectivity index (χ1n) is 10.8. The van der Waals surface area contributed by atoms with E-state index in [0.29, 0.717) is 16.8 Å². The summed E-state index contributed by atoms with van der Waals surface area (Å²) in [6.45, 7) is 10.6. The average molecular weight is 479 g/mol. The van der Waals surface area contributed by atoms with E-state index >= 15 is 0 Å². The lowest BCUT2D eigenvalue weighted by Gasteiger charge is -2.29. The predicted molar refractivity (Wildman–Crippen MR) is 118 cm³/mol. The van der Waals surface area contributed by atoms with Crippen LogP contribution in [0.25, 0.3) is 0 Å². The molecule has 3 fully saturated rings. The first-order valence-corrected chi connectivity index (χ1v) is 11.5. The molecule has 164 valence electrons. The van der Waals surface area contributed by atoms with Gasteiger partial charge < -0.3 is 15.0 Å². The summed E-state index contributed by atoms with van der Waals surface area (Å²) in [5, 5.41) is 2.95. The fraction of sp³-hybridized carbons (Fsp3) is 0.682. The third kappa shape index (κ3) is 4.35. The van der Waals surface area contributed by atoms with Crippen LogP contribution in [0.3, 0.4) is 0 Å². The zero-order valence-electron chi connectivity index (χ0n) is 18.2. The third-order valence-corrected chi connectivity index (χ3v) is 6.81. The molecule has 7 nitrogen and oxygen atoms in total. The van der Waals surface area contributed by atoms with Gasteiger partial charge in [0.15, 0.2) is 0 Å². The Kier molecular flexibility index (Phi) is 5.60. The molecule has 2 saturated heterocycles. The summed E-state index contributed by atoms with van der Waals surface area (Å²) < 4.78 is 6.34. The number of amides is 2. The number of pyridine rings is 1. The van der Waals surface area contributed by atoms with Gasteiger partial charge in [0.2, 0.25) is 5.91 Å². The second-order valence-electron chi connectivity index (χ2n) is 9.96. The molecule has 0 spiro atoms. The zero-order valence-corrected chi connectivity index (χ0v) is 19.8. The standard InChI is InChI=1S/C22H31BrN4O3/c1-14-7-8-17(23)24-18(14)25-19(28)15-11-22(13-26-9-5-6-10-26)12-16(22)27(15)20(29)30-21(2,3)4/h7-8,15-16H,5-6,9-13H2,1-4H3,(H,24,25,28). The summed E-state index contributed by atoms with van der Waals surface area (Å²) in [5.74, 6) is 0.329. The van der Waals surface area contributed by atoms with Gasteiger partial charge in [-0.1, -0.05) is 6.07 Å². The van der Waals surface area contributed by atoms with Gasteiger partial charge in [-0.15, -0.1) is 0 Å². The van der Waals surface area contributed by atoms with Crippen LogP contribution in [0.15, 0.2) is 16.7 Å². The quantitative estimate of drug-likeness (QED) is 0.662. The van der Waals surface area contributed by atoms with E-state index in [-0.39, 0.29) is 17.4 Å². The molecule has 30 heavy (non-hydrogen) atoms. The molecule has 1 N–H and O–H groups in total. The maximum atomic E-state index is 13.3. The number of hydrogen-bond acceptors (Lipinski definition) is 5. The van der Waals surface area contributed by atoms with E-state index in [9.17, 15) is 9.59 Å². The highest BCUT2D eigenvalue weighted by molar-refractivity contribution is 9.10. The highest BCUT2D eigenvalue weighted by Gasteiger charge is 2.68. The van der Waals surface area contributed by atoms with Gasteiger partial charge in [0.1, 0.15) is 22.1 Å². The maximum absolute atomic E-state index is 13.3. The monoisotopic (exact) mass is 478 g/mol. The SMILES string of the molecule is Cc1ccc(Br)nc1NC(=O)C1CC2(CN3CCCC3)CC2N1C(=O)OC(C)(C)C. The number of likely N-dealkylation sites (tertiary alicyclic amines) is 2. The molecule has 1 aromatic heterocycles. The Balaban J connectivity index is 1.54. The summed E-state index contributed by atoms with van der Waals surface area (Å²) in [6.07, 6.45) is 3.68. The maximum Gasteiger partial charge on any atom is 0.411 e. The van der Waals surface area contributed by atoms with E-state index in [4.69, 9.17) is 4.74 Å². The second-order valence-corrected chi connectivity index (χ2v) is 10.8. The Morgan fingerprint density at radius 1 is 1.27 bits per heavy atom. The first kappa shape index (κ1) is 21.6. The van der Waals surface area contributed by atoms with Gasteiger partial charge in [-0.3, -0.25) is 9.69 Å². The topological polar surface area (TPSA) is 74.8 Å². The largest absolute Gasteiger partial charge is 0.444 e. The Morgan fingerprint density at radius 3 is 2.63 bits per heavy atom. The van der Waals surface area contributed by atoms with E-state index in [0.717, 1.165) is 31.6 Å². The molecule has 1 aliphatic carbocycles. The van der Waals surface area contributed by atoms with Gasteiger partial charge in [-0.25, -0.2) is 9.78 Å². The first-order chi connectivity index (χ1) is 14.1. The number of nitrogens with one attached hydrogen (secondary N) is 1. The van der Waals surface area contributed by atoms with Gasteiger partial charge in [-0.05, 0) is 94.0 Å². The number of aryl methyl sites for hydroxylation is 1. The van der Waals surface area contributed by atoms with Crippen LogP contribution in [0.5, 0.6) is 0 Å². The fourth-order valence-electron chi connectivity index (χ4n) is 4.88. The summed E-state index contributed by atoms with van der Waals surface area (Å²) in [4.78, 5) is 34.9. The van der Waals surface area contributed by atoms with Crippen molar-refractivity contribution in [1.82, 2.24) is 14.8 Å². The molecule has 3 aliphatic rings. The molecule has 2 aliphatic heterocycles. The van der Waals surface area contributed by atoms with E-state index < -0.39 is 17.7 Å². The molecule has 0 bridgehead atoms. The minimum Gasteiger partial charge on any atom is -0.444 e. The van der Waals surface area contributed by atoms with Crippen molar-refractivity contribution in [2.45, 2.75) is 71.1 Å². The molecule has 2 amide bonds. The van der Waals surface area contributed by atoms with Crippen molar-refractivity contribution in [3.63, 3.8) is 0 Å². The molecule has 3 heterocycles. The molecule has 0 aromatic carbocycles. The van der Waals surface area contributed by atoms with Gasteiger partial charge in [-0.2, -0.15) is 0 Å². The van der Waals surface area contributed by atoms with Crippen molar-refractivity contribution >= 4 is 33.7 Å². The van der Waals surface area contributed by atoms with E-state index in [1.165, 1.54) is 12.8 Å². The van der Waals surface area contributed by atoms with Crippen molar-refractivity contribution in [3.05, 3.63) is 22.3 Å². The fourth-order valence-corrected chi connectivity index (χ4v) is 5.19. The summed E-state index contributed by atoms with van der Waals surface area (Å²) in [6, 6.07) is 3.27. The number of aromatic nitrogens is 1. The molecule has 1 saturated carbocycles. The number of anilines is 1. The van der Waals surface area contributed by atoms with Crippen LogP contribution >= 0.6 is 15.9 Å². The minimum absolute atomic E-state index is 0.00297. The normalized spacial score (nSPS) is 28.4. The van der Waals surface area contributed by atoms with Gasteiger partial charge >= 0.3 is 6.09 Å². The van der Waals surface area contributed by atoms with Crippen LogP contribution in [-0.4, -0.2) is 64.1 Å². The van der Waals surface area contributed by atoms with Crippen molar-refractivity contribution < 1.29 is 14.3 Å². The molecular formula is C22H31BrN4O3. The smallest absolute Gasteiger partial charge is 0.411 e. The number of rotatable bonds is 4. The average Bonchev–Trinajstić information content (AvgIpc) is 2.99. The van der Waals surface area contributed by atoms with Gasteiger partial charge in [0.25, 0.3) is 0 Å². The Morgan fingerprint density at radius 2 is 1.97 bits per heavy atom. The van der Waals surface area contributed by atoms with Crippen LogP contribution < -0.4 is 5.32 Å². The summed E-state index contributed by atoms with van der Waals surface area (Å²) in [7, 11) is 0. The lowest BCUT2D eigenvalue weighted by Crippen LogP contribution is -2.47. The van der Waals surface area contributed by atoms with Crippen LogP contribution in [0.2, 0.25) is 0 Å². The molecule has 1 aromatic rings. The molecule has 3 unspecified atom stereocenters. The van der Waals surface area contributed by atoms with E-state index in [1.54, 1.807) is 4.90 Å². The number of halogens is 1. The van der Waals surface area contributed by atoms with Gasteiger partial charge in [0.05, 0.1) is 0 Å². The highest BCUT2D eigenvalue weighted by atomic mass is 79.9. The number of carbonyl (C=O) groups excluding carboxylic acids is 2. The number of hydrogen-bond donors (Lipinski definition) is 1. The van der Waals surface area contributed by atoms with Crippen molar-refractivity contribution in [3.8, 4) is 0 Å². The molecule has 3 atom stereocenters. The van der Waals surface area contributed by atoms with E-state index in [1.807, 2.05) is 39.8 Å². The Bertz CT molecular complexity index is 849. The number of carbonyl (C=O) groups is 2. The van der Waals surface area contributed by atoms with Crippen LogP contribution in [-0.2, 0) is 9.53 Å². The van der Waals surface area contributed by atoms with Crippen LogP contribution in [0.1, 0.15) is 52.0 Å². The lowest BCUT2D eigenvalue weighted by molar-refractivity contribution is -0.121. The van der Waals surface area contributed by atoms with E-state index in [2.05, 4.69) is 31.1 Å². The molecular weight excluding hydrogens is 448 g/mol. The number of piperidine rings is 1. The number of nitrogens with zero attached hydrogens (tertiary/aromatic N) is 3. The van der Waals surface area contributed by atoms with Crippen LogP contribution in [0.4, 0.5) is 10.6 Å². The zero-order chi connectivity index (χ0) is 21.7. The molecule has 4 rings (SSSR count). The summed E-state index contributed by atoms with van der Waals surface area (Å²) in [5.41, 5.74) is 0.281. The number of ether oxygens (including phenoxy) is 1. The summed E-state index contributed by atoms with van der Waals surface area (Å²) >= 11 is 3.36. The molecule has 0 radical (unpaired) electrons. The Hall–Kier alpha value is -1.67. The molecule has 8 heteroatoms. The van der Waals surface area contributed by atoms with Crippen molar-refractivity contribution in [1.29, 1.82) is 0 Å². The van der Waals surface area contributed by atoms with Crippen molar-refractivity contribution in [2.75, 3.05) is 25.0 Å². The predicted octanol–water partition coefficient (Wildman–Crippen LogP) is 3.95. The second kappa shape index (κ2) is 7.79. The van der Waals surface area contributed by atoms with Crippen LogP contribution in [0, 0.1) is 12.3 Å². The number of fused-ring (bicyclic) bond motifs is 1. The Labute approximate surface area is 186 Å². The minimum atomic E-state index is -0.602.